The third-order valence-electron chi connectivity index (χ3n) is 3.20. The second-order valence-corrected chi connectivity index (χ2v) is 4.35. The zero-order valence-corrected chi connectivity index (χ0v) is 11.0. The standard InChI is InChI=1S/C13H13F2N3.ClH/c14-9-7-10-12(18-5-3-16-4-6-18)1-2-17-13(10)11(15)8-9;/h1-2,7-8,16H,3-6H2;1H. The highest BCUT2D eigenvalue weighted by Gasteiger charge is 2.15. The number of hydrogen-bond donors (Lipinski definition) is 1. The highest BCUT2D eigenvalue weighted by atomic mass is 35.5. The topological polar surface area (TPSA) is 28.2 Å². The first-order valence-corrected chi connectivity index (χ1v) is 5.95. The Morgan fingerprint density at radius 3 is 2.63 bits per heavy atom. The number of rotatable bonds is 1. The van der Waals surface area contributed by atoms with Crippen molar-refractivity contribution in [3.63, 3.8) is 0 Å². The number of nitrogens with zero attached hydrogens (tertiary/aromatic N) is 2. The van der Waals surface area contributed by atoms with Crippen LogP contribution in [-0.4, -0.2) is 31.2 Å². The van der Waals surface area contributed by atoms with Gasteiger partial charge in [0.15, 0.2) is 5.82 Å². The quantitative estimate of drug-likeness (QED) is 0.872. The number of anilines is 1. The fraction of sp³-hybridized carbons (Fsp3) is 0.308. The Balaban J connectivity index is 0.00000133. The molecule has 2 heterocycles. The summed E-state index contributed by atoms with van der Waals surface area (Å²) in [6, 6.07) is 4.03. The van der Waals surface area contributed by atoms with E-state index in [4.69, 9.17) is 0 Å². The summed E-state index contributed by atoms with van der Waals surface area (Å²) >= 11 is 0. The molecule has 1 aliphatic heterocycles. The van der Waals surface area contributed by atoms with Gasteiger partial charge in [0, 0.05) is 49.5 Å². The van der Waals surface area contributed by atoms with Crippen LogP contribution >= 0.6 is 12.4 Å². The summed E-state index contributed by atoms with van der Waals surface area (Å²) in [4.78, 5) is 6.12. The van der Waals surface area contributed by atoms with Gasteiger partial charge in [-0.2, -0.15) is 0 Å². The fourth-order valence-electron chi connectivity index (χ4n) is 2.35. The number of hydrogen-bond acceptors (Lipinski definition) is 3. The molecule has 0 unspecified atom stereocenters. The van der Waals surface area contributed by atoms with Crippen LogP contribution in [0.3, 0.4) is 0 Å². The van der Waals surface area contributed by atoms with E-state index in [2.05, 4.69) is 15.2 Å². The molecule has 1 N–H and O–H groups in total. The van der Waals surface area contributed by atoms with Gasteiger partial charge in [-0.15, -0.1) is 12.4 Å². The Labute approximate surface area is 116 Å². The lowest BCUT2D eigenvalue weighted by molar-refractivity contribution is 0.585. The number of pyridine rings is 1. The first-order chi connectivity index (χ1) is 8.75. The number of piperazine rings is 1. The van der Waals surface area contributed by atoms with Crippen molar-refractivity contribution in [2.45, 2.75) is 0 Å². The highest BCUT2D eigenvalue weighted by molar-refractivity contribution is 5.92. The maximum absolute atomic E-state index is 13.7. The molecule has 0 atom stereocenters. The minimum Gasteiger partial charge on any atom is -0.368 e. The summed E-state index contributed by atoms with van der Waals surface area (Å²) in [5, 5.41) is 3.79. The van der Waals surface area contributed by atoms with Gasteiger partial charge in [0.05, 0.1) is 0 Å². The third kappa shape index (κ3) is 2.62. The van der Waals surface area contributed by atoms with Crippen molar-refractivity contribution in [2.75, 3.05) is 31.1 Å². The van der Waals surface area contributed by atoms with Crippen LogP contribution in [0.5, 0.6) is 0 Å². The van der Waals surface area contributed by atoms with Crippen LogP contribution in [0.25, 0.3) is 10.9 Å². The van der Waals surface area contributed by atoms with Gasteiger partial charge in [0.2, 0.25) is 0 Å². The lowest BCUT2D eigenvalue weighted by atomic mass is 10.1. The third-order valence-corrected chi connectivity index (χ3v) is 3.20. The van der Waals surface area contributed by atoms with Gasteiger partial charge < -0.3 is 10.2 Å². The first-order valence-electron chi connectivity index (χ1n) is 5.95. The average Bonchev–Trinajstić information content (AvgIpc) is 2.39. The molecule has 0 radical (unpaired) electrons. The normalized spacial score (nSPS) is 15.4. The lowest BCUT2D eigenvalue weighted by Crippen LogP contribution is -2.43. The minimum atomic E-state index is -0.609. The number of nitrogens with one attached hydrogen (secondary N) is 1. The molecule has 3 rings (SSSR count). The predicted molar refractivity (Wildman–Crippen MR) is 74.0 cm³/mol. The number of aromatic nitrogens is 1. The molecule has 0 amide bonds. The summed E-state index contributed by atoms with van der Waals surface area (Å²) < 4.78 is 27.0. The van der Waals surface area contributed by atoms with Crippen LogP contribution < -0.4 is 10.2 Å². The van der Waals surface area contributed by atoms with E-state index in [1.807, 2.05) is 6.07 Å². The Kier molecular flexibility index (Phi) is 4.17. The second-order valence-electron chi connectivity index (χ2n) is 4.35. The van der Waals surface area contributed by atoms with Crippen molar-refractivity contribution < 1.29 is 8.78 Å². The summed E-state index contributed by atoms with van der Waals surface area (Å²) in [6.07, 6.45) is 1.57. The molecular formula is C13H14ClF2N3. The summed E-state index contributed by atoms with van der Waals surface area (Å²) in [6.45, 7) is 3.41. The molecule has 0 aliphatic carbocycles. The van der Waals surface area contributed by atoms with E-state index in [-0.39, 0.29) is 17.9 Å². The molecule has 0 saturated carbocycles. The molecule has 1 saturated heterocycles. The van der Waals surface area contributed by atoms with Gasteiger partial charge in [-0.1, -0.05) is 0 Å². The molecule has 1 fully saturated rings. The molecule has 3 nitrogen and oxygen atoms in total. The van der Waals surface area contributed by atoms with E-state index in [0.717, 1.165) is 37.9 Å². The molecule has 1 aromatic carbocycles. The van der Waals surface area contributed by atoms with Gasteiger partial charge in [-0.3, -0.25) is 4.98 Å². The summed E-state index contributed by atoms with van der Waals surface area (Å²) in [5.41, 5.74) is 1.08. The van der Waals surface area contributed by atoms with Crippen molar-refractivity contribution in [1.82, 2.24) is 10.3 Å². The van der Waals surface area contributed by atoms with E-state index < -0.39 is 11.6 Å². The van der Waals surface area contributed by atoms with Gasteiger partial charge in [0.25, 0.3) is 0 Å². The lowest BCUT2D eigenvalue weighted by Gasteiger charge is -2.30. The number of halogens is 3. The Morgan fingerprint density at radius 2 is 1.89 bits per heavy atom. The summed E-state index contributed by atoms with van der Waals surface area (Å²) in [7, 11) is 0. The summed E-state index contributed by atoms with van der Waals surface area (Å²) in [5.74, 6) is -1.17. The predicted octanol–water partition coefficient (Wildman–Crippen LogP) is 2.34. The molecule has 19 heavy (non-hydrogen) atoms. The SMILES string of the molecule is Cl.Fc1cc(F)c2nccc(N3CCNCC3)c2c1. The van der Waals surface area contributed by atoms with Crippen LogP contribution in [-0.2, 0) is 0 Å². The fourth-order valence-corrected chi connectivity index (χ4v) is 2.35. The Morgan fingerprint density at radius 1 is 1.16 bits per heavy atom. The average molecular weight is 286 g/mol. The van der Waals surface area contributed by atoms with E-state index in [0.29, 0.717) is 5.39 Å². The van der Waals surface area contributed by atoms with E-state index in [9.17, 15) is 8.78 Å². The van der Waals surface area contributed by atoms with Gasteiger partial charge in [0.1, 0.15) is 11.3 Å². The van der Waals surface area contributed by atoms with Crippen LogP contribution in [0.1, 0.15) is 0 Å². The van der Waals surface area contributed by atoms with Crippen LogP contribution in [0.4, 0.5) is 14.5 Å². The van der Waals surface area contributed by atoms with Crippen LogP contribution in [0.2, 0.25) is 0 Å². The Bertz CT molecular complexity index is 585. The van der Waals surface area contributed by atoms with Gasteiger partial charge in [-0.25, -0.2) is 8.78 Å². The molecule has 102 valence electrons. The van der Waals surface area contributed by atoms with E-state index in [1.165, 1.54) is 6.07 Å². The van der Waals surface area contributed by atoms with Crippen LogP contribution in [0, 0.1) is 11.6 Å². The highest BCUT2D eigenvalue weighted by Crippen LogP contribution is 2.28. The molecular weight excluding hydrogens is 272 g/mol. The monoisotopic (exact) mass is 285 g/mol. The number of fused-ring (bicyclic) bond motifs is 1. The maximum Gasteiger partial charge on any atom is 0.152 e. The Hall–Kier alpha value is -1.46. The molecule has 1 aromatic heterocycles. The van der Waals surface area contributed by atoms with Crippen molar-refractivity contribution in [2.24, 2.45) is 0 Å². The van der Waals surface area contributed by atoms with Gasteiger partial charge >= 0.3 is 0 Å². The van der Waals surface area contributed by atoms with E-state index in [1.54, 1.807) is 6.20 Å². The largest absolute Gasteiger partial charge is 0.368 e. The molecule has 0 bridgehead atoms. The minimum absolute atomic E-state index is 0. The van der Waals surface area contributed by atoms with Crippen molar-refractivity contribution >= 4 is 29.0 Å². The first kappa shape index (κ1) is 14.0. The van der Waals surface area contributed by atoms with Crippen molar-refractivity contribution in [1.29, 1.82) is 0 Å². The molecule has 2 aromatic rings. The van der Waals surface area contributed by atoms with Gasteiger partial charge in [-0.05, 0) is 12.1 Å². The smallest absolute Gasteiger partial charge is 0.152 e. The molecule has 1 aliphatic rings. The molecule has 6 heteroatoms. The maximum atomic E-state index is 13.7. The zero-order chi connectivity index (χ0) is 12.5. The van der Waals surface area contributed by atoms with Crippen molar-refractivity contribution in [3.05, 3.63) is 36.0 Å². The number of benzene rings is 1. The zero-order valence-electron chi connectivity index (χ0n) is 10.2. The van der Waals surface area contributed by atoms with Crippen molar-refractivity contribution in [3.8, 4) is 0 Å². The second kappa shape index (κ2) is 5.67. The van der Waals surface area contributed by atoms with Crippen LogP contribution in [0.15, 0.2) is 24.4 Å². The van der Waals surface area contributed by atoms with E-state index >= 15 is 0 Å². The molecule has 0 spiro atoms.